The first-order valence-corrected chi connectivity index (χ1v) is 6.71. The molecule has 80 valence electrons. The molecule has 0 N–H and O–H groups in total. The molecule has 1 fully saturated rings. The summed E-state index contributed by atoms with van der Waals surface area (Å²) in [6, 6.07) is 4.76. The third-order valence-corrected chi connectivity index (χ3v) is 4.15. The molecule has 15 heavy (non-hydrogen) atoms. The van der Waals surface area contributed by atoms with Gasteiger partial charge in [-0.05, 0) is 41.7 Å². The summed E-state index contributed by atoms with van der Waals surface area (Å²) in [5.41, 5.74) is 1.29. The number of hydrogen-bond donors (Lipinski definition) is 0. The minimum absolute atomic E-state index is 0.0580. The lowest BCUT2D eigenvalue weighted by molar-refractivity contribution is 0.339. The molecule has 0 bridgehead atoms. The van der Waals surface area contributed by atoms with Gasteiger partial charge in [-0.1, -0.05) is 25.7 Å². The standard InChI is InChI=1S/C13H17NS/c14-11-13(6-3-1-2-4-7-13)9-12-5-8-15-10-12/h5,8,10H,1-4,6-7,9H2. The predicted octanol–water partition coefficient (Wildman–Crippen LogP) is 4.15. The van der Waals surface area contributed by atoms with Crippen LogP contribution >= 0.6 is 11.3 Å². The van der Waals surface area contributed by atoms with Crippen LogP contribution in [-0.4, -0.2) is 0 Å². The van der Waals surface area contributed by atoms with Crippen molar-refractivity contribution < 1.29 is 0 Å². The van der Waals surface area contributed by atoms with Crippen LogP contribution < -0.4 is 0 Å². The molecule has 0 atom stereocenters. The highest BCUT2D eigenvalue weighted by molar-refractivity contribution is 7.07. The zero-order chi connectivity index (χ0) is 10.6. The molecule has 2 heteroatoms. The van der Waals surface area contributed by atoms with Crippen molar-refractivity contribution in [3.8, 4) is 6.07 Å². The fourth-order valence-corrected chi connectivity index (χ4v) is 3.19. The van der Waals surface area contributed by atoms with Crippen LogP contribution in [0.25, 0.3) is 0 Å². The average Bonchev–Trinajstić information content (AvgIpc) is 2.64. The van der Waals surface area contributed by atoms with E-state index in [0.717, 1.165) is 19.3 Å². The molecule has 1 heterocycles. The van der Waals surface area contributed by atoms with E-state index in [-0.39, 0.29) is 5.41 Å². The van der Waals surface area contributed by atoms with Crippen LogP contribution in [0.2, 0.25) is 0 Å². The maximum atomic E-state index is 9.42. The van der Waals surface area contributed by atoms with E-state index in [0.29, 0.717) is 0 Å². The van der Waals surface area contributed by atoms with Crippen LogP contribution in [0.15, 0.2) is 16.8 Å². The summed E-state index contributed by atoms with van der Waals surface area (Å²) in [6.07, 6.45) is 8.25. The molecule has 1 aromatic heterocycles. The summed E-state index contributed by atoms with van der Waals surface area (Å²) in [7, 11) is 0. The molecule has 0 aliphatic heterocycles. The monoisotopic (exact) mass is 219 g/mol. The topological polar surface area (TPSA) is 23.8 Å². The quantitative estimate of drug-likeness (QED) is 0.685. The van der Waals surface area contributed by atoms with Crippen LogP contribution in [0.4, 0.5) is 0 Å². The lowest BCUT2D eigenvalue weighted by Crippen LogP contribution is -2.20. The second-order valence-corrected chi connectivity index (χ2v) is 5.39. The smallest absolute Gasteiger partial charge is 0.0693 e. The molecule has 1 nitrogen and oxygen atoms in total. The Balaban J connectivity index is 2.10. The normalized spacial score (nSPS) is 20.5. The molecular formula is C13H17NS. The molecule has 2 rings (SSSR count). The molecule has 0 amide bonds. The van der Waals surface area contributed by atoms with Gasteiger partial charge in [0.1, 0.15) is 0 Å². The molecule has 0 saturated heterocycles. The van der Waals surface area contributed by atoms with E-state index in [9.17, 15) is 5.26 Å². The van der Waals surface area contributed by atoms with Crippen molar-refractivity contribution in [3.63, 3.8) is 0 Å². The first-order valence-electron chi connectivity index (χ1n) is 5.77. The third kappa shape index (κ3) is 2.60. The SMILES string of the molecule is N#CC1(Cc2ccsc2)CCCCCC1. The number of rotatable bonds is 2. The van der Waals surface area contributed by atoms with Gasteiger partial charge in [0.25, 0.3) is 0 Å². The maximum Gasteiger partial charge on any atom is 0.0693 e. The molecule has 0 spiro atoms. The minimum atomic E-state index is -0.0580. The van der Waals surface area contributed by atoms with Crippen molar-refractivity contribution >= 4 is 11.3 Å². The average molecular weight is 219 g/mol. The Morgan fingerprint density at radius 3 is 2.53 bits per heavy atom. The van der Waals surface area contributed by atoms with Gasteiger partial charge in [-0.2, -0.15) is 16.6 Å². The molecule has 1 saturated carbocycles. The Hall–Kier alpha value is -0.810. The summed E-state index contributed by atoms with van der Waals surface area (Å²) in [6.45, 7) is 0. The van der Waals surface area contributed by atoms with Crippen molar-refractivity contribution in [1.82, 2.24) is 0 Å². The molecule has 1 aliphatic rings. The van der Waals surface area contributed by atoms with E-state index in [4.69, 9.17) is 0 Å². The number of thiophene rings is 1. The lowest BCUT2D eigenvalue weighted by Gasteiger charge is -2.24. The van der Waals surface area contributed by atoms with Gasteiger partial charge < -0.3 is 0 Å². The maximum absolute atomic E-state index is 9.42. The van der Waals surface area contributed by atoms with Gasteiger partial charge in [0.2, 0.25) is 0 Å². The van der Waals surface area contributed by atoms with E-state index in [1.54, 1.807) is 11.3 Å². The molecule has 0 aromatic carbocycles. The van der Waals surface area contributed by atoms with E-state index < -0.39 is 0 Å². The van der Waals surface area contributed by atoms with Gasteiger partial charge in [0, 0.05) is 0 Å². The van der Waals surface area contributed by atoms with Crippen LogP contribution in [0.3, 0.4) is 0 Å². The minimum Gasteiger partial charge on any atom is -0.198 e. The zero-order valence-corrected chi connectivity index (χ0v) is 9.85. The van der Waals surface area contributed by atoms with Gasteiger partial charge in [-0.15, -0.1) is 0 Å². The van der Waals surface area contributed by atoms with E-state index in [1.807, 2.05) is 0 Å². The highest BCUT2D eigenvalue weighted by atomic mass is 32.1. The third-order valence-electron chi connectivity index (χ3n) is 3.42. The summed E-state index contributed by atoms with van der Waals surface area (Å²) >= 11 is 1.73. The van der Waals surface area contributed by atoms with E-state index in [2.05, 4.69) is 22.9 Å². The first kappa shape index (κ1) is 10.7. The van der Waals surface area contributed by atoms with Gasteiger partial charge in [-0.3, -0.25) is 0 Å². The Morgan fingerprint density at radius 2 is 2.00 bits per heavy atom. The van der Waals surface area contributed by atoms with Crippen LogP contribution in [0.5, 0.6) is 0 Å². The largest absolute Gasteiger partial charge is 0.198 e. The summed E-state index contributed by atoms with van der Waals surface area (Å²) in [5.74, 6) is 0. The fraction of sp³-hybridized carbons (Fsp3) is 0.615. The van der Waals surface area contributed by atoms with Crippen molar-refractivity contribution in [2.75, 3.05) is 0 Å². The molecule has 1 aliphatic carbocycles. The van der Waals surface area contributed by atoms with Gasteiger partial charge >= 0.3 is 0 Å². The molecule has 1 aromatic rings. The van der Waals surface area contributed by atoms with E-state index in [1.165, 1.54) is 31.2 Å². The van der Waals surface area contributed by atoms with Crippen LogP contribution in [0.1, 0.15) is 44.1 Å². The molecule has 0 unspecified atom stereocenters. The number of nitrogens with zero attached hydrogens (tertiary/aromatic N) is 1. The van der Waals surface area contributed by atoms with Crippen molar-refractivity contribution in [3.05, 3.63) is 22.4 Å². The molecule has 0 radical (unpaired) electrons. The van der Waals surface area contributed by atoms with E-state index >= 15 is 0 Å². The first-order chi connectivity index (χ1) is 7.35. The van der Waals surface area contributed by atoms with Crippen molar-refractivity contribution in [2.45, 2.75) is 44.9 Å². The highest BCUT2D eigenvalue weighted by Crippen LogP contribution is 2.37. The van der Waals surface area contributed by atoms with Crippen molar-refractivity contribution in [1.29, 1.82) is 5.26 Å². The highest BCUT2D eigenvalue weighted by Gasteiger charge is 2.31. The fourth-order valence-electron chi connectivity index (χ4n) is 2.52. The van der Waals surface area contributed by atoms with Crippen LogP contribution in [0, 0.1) is 16.7 Å². The second-order valence-electron chi connectivity index (χ2n) is 4.61. The van der Waals surface area contributed by atoms with Gasteiger partial charge in [0.15, 0.2) is 0 Å². The molecular weight excluding hydrogens is 202 g/mol. The summed E-state index contributed by atoms with van der Waals surface area (Å²) < 4.78 is 0. The Bertz CT molecular complexity index is 326. The Morgan fingerprint density at radius 1 is 1.27 bits per heavy atom. The summed E-state index contributed by atoms with van der Waals surface area (Å²) in [5, 5.41) is 13.7. The number of hydrogen-bond acceptors (Lipinski definition) is 2. The van der Waals surface area contributed by atoms with Gasteiger partial charge in [-0.25, -0.2) is 0 Å². The Labute approximate surface area is 95.7 Å². The predicted molar refractivity (Wildman–Crippen MR) is 63.8 cm³/mol. The zero-order valence-electron chi connectivity index (χ0n) is 9.04. The van der Waals surface area contributed by atoms with Crippen LogP contribution in [-0.2, 0) is 6.42 Å². The number of nitriles is 1. The Kier molecular flexibility index (Phi) is 3.43. The summed E-state index contributed by atoms with van der Waals surface area (Å²) in [4.78, 5) is 0. The van der Waals surface area contributed by atoms with Crippen molar-refractivity contribution in [2.24, 2.45) is 5.41 Å². The second kappa shape index (κ2) is 4.81. The lowest BCUT2D eigenvalue weighted by atomic mass is 9.77. The van der Waals surface area contributed by atoms with Gasteiger partial charge in [0.05, 0.1) is 11.5 Å².